The molecule has 0 spiro atoms. The van der Waals surface area contributed by atoms with Crippen LogP contribution in [0.2, 0.25) is 0 Å². The Kier molecular flexibility index (Phi) is 6.15. The third kappa shape index (κ3) is 4.08. The van der Waals surface area contributed by atoms with E-state index in [0.717, 1.165) is 27.2 Å². The number of hydrogen-bond donors (Lipinski definition) is 1. The van der Waals surface area contributed by atoms with E-state index >= 15 is 0 Å². The molecule has 41 heavy (non-hydrogen) atoms. The maximum Gasteiger partial charge on any atom is 0.263 e. The highest BCUT2D eigenvalue weighted by Crippen LogP contribution is 2.44. The lowest BCUT2D eigenvalue weighted by Crippen LogP contribution is -2.24. The van der Waals surface area contributed by atoms with Gasteiger partial charge in [-0.15, -0.1) is 15.0 Å². The van der Waals surface area contributed by atoms with Crippen LogP contribution in [0.3, 0.4) is 0 Å². The van der Waals surface area contributed by atoms with E-state index in [4.69, 9.17) is 10.2 Å². The number of amides is 2. The van der Waals surface area contributed by atoms with Crippen molar-refractivity contribution in [3.05, 3.63) is 117 Å². The van der Waals surface area contributed by atoms with Crippen LogP contribution in [-0.2, 0) is 10.8 Å². The molecule has 1 aliphatic heterocycles. The van der Waals surface area contributed by atoms with Gasteiger partial charge in [-0.3, -0.25) is 14.5 Å². The molecule has 1 aliphatic rings. The summed E-state index contributed by atoms with van der Waals surface area (Å²) in [4.78, 5) is 28.2. The van der Waals surface area contributed by atoms with E-state index in [1.54, 1.807) is 6.07 Å². The zero-order chi connectivity index (χ0) is 29.3. The fraction of sp³-hybridized carbons (Fsp3) is 0.212. The number of rotatable bonds is 5. The molecular weight excluding hydrogens is 580 g/mol. The number of imide groups is 1. The summed E-state index contributed by atoms with van der Waals surface area (Å²) in [5.41, 5.74) is 4.47. The number of phenols is 1. The Balaban J connectivity index is 1.63. The number of fused-ring (bicyclic) bond motifs is 3. The van der Waals surface area contributed by atoms with Gasteiger partial charge in [0.2, 0.25) is 0 Å². The van der Waals surface area contributed by atoms with Crippen LogP contribution in [0, 0.1) is 0 Å². The van der Waals surface area contributed by atoms with Gasteiger partial charge in [-0.1, -0.05) is 94.4 Å². The SMILES string of the molecule is CN1C(=O)c2c(Br)cc3nn(-c4cc(C(C)(C)c5ccccc5)cc(C(C)(C)c5ccccc5)c4O)nc3c2C1=O. The van der Waals surface area contributed by atoms with Gasteiger partial charge in [0.1, 0.15) is 22.5 Å². The molecule has 0 aliphatic carbocycles. The molecule has 2 heterocycles. The van der Waals surface area contributed by atoms with Gasteiger partial charge in [0.15, 0.2) is 0 Å². The summed E-state index contributed by atoms with van der Waals surface area (Å²) in [7, 11) is 1.45. The number of aromatic nitrogens is 3. The van der Waals surface area contributed by atoms with Gasteiger partial charge in [-0.2, -0.15) is 0 Å². The Morgan fingerprint density at radius 3 is 1.90 bits per heavy atom. The molecule has 1 aromatic heterocycles. The van der Waals surface area contributed by atoms with Crippen molar-refractivity contribution in [2.75, 3.05) is 7.05 Å². The first-order valence-corrected chi connectivity index (χ1v) is 14.1. The zero-order valence-corrected chi connectivity index (χ0v) is 25.0. The summed E-state index contributed by atoms with van der Waals surface area (Å²) < 4.78 is 0.476. The minimum Gasteiger partial charge on any atom is -0.505 e. The van der Waals surface area contributed by atoms with Gasteiger partial charge in [0.05, 0.1) is 11.1 Å². The summed E-state index contributed by atoms with van der Waals surface area (Å²) in [5.74, 6) is -0.783. The molecule has 0 saturated carbocycles. The maximum atomic E-state index is 13.0. The first-order valence-electron chi connectivity index (χ1n) is 13.3. The van der Waals surface area contributed by atoms with E-state index in [1.165, 1.54) is 11.8 Å². The van der Waals surface area contributed by atoms with Gasteiger partial charge in [-0.05, 0) is 44.8 Å². The number of carbonyl (C=O) groups excluding carboxylic acids is 2. The van der Waals surface area contributed by atoms with Crippen LogP contribution in [0.5, 0.6) is 5.75 Å². The summed E-state index contributed by atoms with van der Waals surface area (Å²) >= 11 is 3.44. The quantitative estimate of drug-likeness (QED) is 0.223. The highest BCUT2D eigenvalue weighted by molar-refractivity contribution is 9.10. The topological polar surface area (TPSA) is 88.3 Å². The van der Waals surface area contributed by atoms with E-state index < -0.39 is 22.6 Å². The molecule has 0 fully saturated rings. The van der Waals surface area contributed by atoms with Crippen LogP contribution >= 0.6 is 15.9 Å². The second-order valence-corrected chi connectivity index (χ2v) is 12.4. The second-order valence-electron chi connectivity index (χ2n) is 11.5. The number of carbonyl (C=O) groups is 2. The number of phenolic OH excluding ortho intramolecular Hbond substituents is 1. The largest absolute Gasteiger partial charge is 0.505 e. The van der Waals surface area contributed by atoms with Crippen molar-refractivity contribution in [2.45, 2.75) is 38.5 Å². The molecule has 0 bridgehead atoms. The number of halogens is 1. The maximum absolute atomic E-state index is 13.0. The minimum atomic E-state index is -0.565. The van der Waals surface area contributed by atoms with Crippen molar-refractivity contribution < 1.29 is 14.7 Å². The number of aromatic hydroxyl groups is 1. The number of hydrogen-bond acceptors (Lipinski definition) is 5. The number of nitrogens with zero attached hydrogens (tertiary/aromatic N) is 4. The molecule has 6 rings (SSSR count). The van der Waals surface area contributed by atoms with Crippen LogP contribution in [0.4, 0.5) is 0 Å². The van der Waals surface area contributed by atoms with E-state index in [9.17, 15) is 14.7 Å². The Bertz CT molecular complexity index is 1860. The van der Waals surface area contributed by atoms with Crippen LogP contribution in [0.1, 0.15) is 70.7 Å². The Hall–Kier alpha value is -4.30. The summed E-state index contributed by atoms with van der Waals surface area (Å²) in [6.07, 6.45) is 0. The van der Waals surface area contributed by atoms with Crippen molar-refractivity contribution in [3.63, 3.8) is 0 Å². The van der Waals surface area contributed by atoms with Crippen LogP contribution in [0.25, 0.3) is 16.7 Å². The molecule has 0 radical (unpaired) electrons. The first-order chi connectivity index (χ1) is 19.4. The van der Waals surface area contributed by atoms with Crippen molar-refractivity contribution in [3.8, 4) is 11.4 Å². The lowest BCUT2D eigenvalue weighted by atomic mass is 9.72. The molecule has 1 N–H and O–H groups in total. The Labute approximate surface area is 246 Å². The molecule has 2 amide bonds. The molecule has 0 unspecified atom stereocenters. The van der Waals surface area contributed by atoms with Crippen molar-refractivity contribution >= 4 is 38.8 Å². The van der Waals surface area contributed by atoms with E-state index in [2.05, 4.69) is 74.0 Å². The number of benzene rings is 4. The van der Waals surface area contributed by atoms with Gasteiger partial charge in [0.25, 0.3) is 11.8 Å². The molecule has 0 atom stereocenters. The Morgan fingerprint density at radius 2 is 1.29 bits per heavy atom. The average molecular weight is 610 g/mol. The van der Waals surface area contributed by atoms with E-state index in [-0.39, 0.29) is 16.9 Å². The first kappa shape index (κ1) is 26.9. The predicted octanol–water partition coefficient (Wildman–Crippen LogP) is 6.77. The molecule has 206 valence electrons. The summed E-state index contributed by atoms with van der Waals surface area (Å²) in [6, 6.07) is 25.9. The van der Waals surface area contributed by atoms with E-state index in [0.29, 0.717) is 21.2 Å². The molecule has 4 aromatic carbocycles. The van der Waals surface area contributed by atoms with Gasteiger partial charge >= 0.3 is 0 Å². The van der Waals surface area contributed by atoms with Gasteiger partial charge < -0.3 is 5.11 Å². The highest BCUT2D eigenvalue weighted by atomic mass is 79.9. The van der Waals surface area contributed by atoms with Crippen LogP contribution in [-0.4, -0.2) is 43.9 Å². The molecule has 0 saturated heterocycles. The molecule has 5 aromatic rings. The third-order valence-corrected chi connectivity index (χ3v) is 8.98. The van der Waals surface area contributed by atoms with Crippen molar-refractivity contribution in [1.29, 1.82) is 0 Å². The molecular formula is C33H29BrN4O3. The highest BCUT2D eigenvalue weighted by Gasteiger charge is 2.38. The minimum absolute atomic E-state index is 0.0435. The fourth-order valence-electron chi connectivity index (χ4n) is 5.62. The van der Waals surface area contributed by atoms with Crippen molar-refractivity contribution in [1.82, 2.24) is 19.9 Å². The Morgan fingerprint density at radius 1 is 0.732 bits per heavy atom. The lowest BCUT2D eigenvalue weighted by Gasteiger charge is -2.32. The third-order valence-electron chi connectivity index (χ3n) is 8.36. The molecule has 8 heteroatoms. The second kappa shape index (κ2) is 9.38. The molecule has 7 nitrogen and oxygen atoms in total. The lowest BCUT2D eigenvalue weighted by molar-refractivity contribution is 0.0693. The fourth-order valence-corrected chi connectivity index (χ4v) is 6.20. The van der Waals surface area contributed by atoms with Crippen LogP contribution in [0.15, 0.2) is 83.3 Å². The average Bonchev–Trinajstić information content (AvgIpc) is 3.48. The zero-order valence-electron chi connectivity index (χ0n) is 23.4. The van der Waals surface area contributed by atoms with Gasteiger partial charge in [0, 0.05) is 27.9 Å². The monoisotopic (exact) mass is 608 g/mol. The van der Waals surface area contributed by atoms with E-state index in [1.807, 2.05) is 42.5 Å². The van der Waals surface area contributed by atoms with Gasteiger partial charge in [-0.25, -0.2) is 0 Å². The standard InChI is InChI=1S/C33H29BrN4O3/c1-32(2,19-12-8-6-9-13-19)21-16-22(33(3,4)20-14-10-7-11-15-20)29(39)25(17-21)38-35-24-18-23(34)26-27(28(24)36-38)31(41)37(5)30(26)40/h6-18,39H,1-5H3. The smallest absolute Gasteiger partial charge is 0.263 e. The van der Waals surface area contributed by atoms with Crippen LogP contribution < -0.4 is 0 Å². The predicted molar refractivity (Wildman–Crippen MR) is 162 cm³/mol. The normalized spacial score (nSPS) is 13.8. The van der Waals surface area contributed by atoms with Crippen molar-refractivity contribution in [2.24, 2.45) is 0 Å². The summed E-state index contributed by atoms with van der Waals surface area (Å²) in [5, 5.41) is 21.3. The summed E-state index contributed by atoms with van der Waals surface area (Å²) in [6.45, 7) is 8.46.